The van der Waals surface area contributed by atoms with Crippen molar-refractivity contribution >= 4 is 23.4 Å². The highest BCUT2D eigenvalue weighted by atomic mass is 35.5. The summed E-state index contributed by atoms with van der Waals surface area (Å²) in [6, 6.07) is 4.53. The molecule has 0 atom stereocenters. The Morgan fingerprint density at radius 3 is 2.47 bits per heavy atom. The van der Waals surface area contributed by atoms with Crippen molar-refractivity contribution in [2.24, 2.45) is 0 Å². The van der Waals surface area contributed by atoms with E-state index < -0.39 is 5.97 Å². The molecule has 0 saturated heterocycles. The van der Waals surface area contributed by atoms with Crippen molar-refractivity contribution in [3.05, 3.63) is 46.1 Å². The summed E-state index contributed by atoms with van der Waals surface area (Å²) < 4.78 is 4.61. The second-order valence-corrected chi connectivity index (χ2v) is 4.64. The van der Waals surface area contributed by atoms with Crippen molar-refractivity contribution in [3.63, 3.8) is 0 Å². The predicted molar refractivity (Wildman–Crippen MR) is 74.6 cm³/mol. The molecule has 0 aliphatic heterocycles. The Morgan fingerprint density at radius 2 is 1.95 bits per heavy atom. The number of halogens is 1. The Morgan fingerprint density at radius 1 is 1.32 bits per heavy atom. The van der Waals surface area contributed by atoms with Gasteiger partial charge in [-0.2, -0.15) is 0 Å². The van der Waals surface area contributed by atoms with Gasteiger partial charge in [0.05, 0.1) is 17.7 Å². The fourth-order valence-electron chi connectivity index (χ4n) is 1.35. The maximum Gasteiger partial charge on any atom is 0.339 e. The summed E-state index contributed by atoms with van der Waals surface area (Å²) in [5, 5.41) is 0.261. The van der Waals surface area contributed by atoms with Crippen molar-refractivity contribution in [2.75, 3.05) is 21.2 Å². The quantitative estimate of drug-likeness (QED) is 0.484. The van der Waals surface area contributed by atoms with Crippen LogP contribution in [0, 0.1) is 0 Å². The molecular formula is C14H16ClNO3. The van der Waals surface area contributed by atoms with E-state index in [4.69, 9.17) is 11.6 Å². The monoisotopic (exact) mass is 281 g/mol. The van der Waals surface area contributed by atoms with Gasteiger partial charge in [-0.15, -0.1) is 0 Å². The number of esters is 1. The van der Waals surface area contributed by atoms with Gasteiger partial charge in [0.25, 0.3) is 0 Å². The van der Waals surface area contributed by atoms with Crippen LogP contribution in [-0.4, -0.2) is 37.9 Å². The third-order valence-corrected chi connectivity index (χ3v) is 3.03. The number of hydrogen-bond acceptors (Lipinski definition) is 4. The van der Waals surface area contributed by atoms with Gasteiger partial charge in [-0.3, -0.25) is 4.79 Å². The molecule has 0 radical (unpaired) electrons. The van der Waals surface area contributed by atoms with E-state index in [1.165, 1.54) is 25.3 Å². The van der Waals surface area contributed by atoms with E-state index in [0.29, 0.717) is 5.56 Å². The molecule has 0 saturated carbocycles. The van der Waals surface area contributed by atoms with E-state index >= 15 is 0 Å². The first-order chi connectivity index (χ1) is 8.86. The highest BCUT2D eigenvalue weighted by molar-refractivity contribution is 6.33. The van der Waals surface area contributed by atoms with Crippen LogP contribution >= 0.6 is 11.6 Å². The molecule has 0 aliphatic rings. The van der Waals surface area contributed by atoms with Crippen molar-refractivity contribution in [1.82, 2.24) is 4.90 Å². The van der Waals surface area contributed by atoms with E-state index in [1.807, 2.05) is 25.9 Å². The molecule has 102 valence electrons. The predicted octanol–water partition coefficient (Wildman–Crippen LogP) is 2.77. The van der Waals surface area contributed by atoms with Crippen LogP contribution in [0.5, 0.6) is 0 Å². The minimum atomic E-state index is -0.562. The van der Waals surface area contributed by atoms with Crippen LogP contribution in [-0.2, 0) is 4.74 Å². The molecule has 0 N–H and O–H groups in total. The fourth-order valence-corrected chi connectivity index (χ4v) is 1.54. The minimum Gasteiger partial charge on any atom is -0.465 e. The number of methoxy groups -OCH3 is 1. The SMILES string of the molecule is COC(=O)c1cc(C(=O)C=C(C)N(C)C)ccc1Cl. The molecule has 1 aromatic carbocycles. The van der Waals surface area contributed by atoms with Gasteiger partial charge in [0.2, 0.25) is 0 Å². The number of carbonyl (C=O) groups is 2. The standard InChI is InChI=1S/C14H16ClNO3/c1-9(16(2)3)7-13(17)10-5-6-12(15)11(8-10)14(18)19-4/h5-8H,1-4H3. The zero-order valence-corrected chi connectivity index (χ0v) is 12.1. The molecule has 0 heterocycles. The first kappa shape index (κ1) is 15.2. The zero-order chi connectivity index (χ0) is 14.6. The second kappa shape index (κ2) is 6.38. The van der Waals surface area contributed by atoms with E-state index in [-0.39, 0.29) is 16.4 Å². The van der Waals surface area contributed by atoms with Crippen LogP contribution in [0.3, 0.4) is 0 Å². The number of carbonyl (C=O) groups excluding carboxylic acids is 2. The van der Waals surface area contributed by atoms with E-state index in [0.717, 1.165) is 5.70 Å². The molecule has 4 nitrogen and oxygen atoms in total. The molecule has 0 spiro atoms. The van der Waals surface area contributed by atoms with Gasteiger partial charge in [0, 0.05) is 31.4 Å². The highest BCUT2D eigenvalue weighted by Crippen LogP contribution is 2.19. The molecule has 5 heteroatoms. The summed E-state index contributed by atoms with van der Waals surface area (Å²) in [5.41, 5.74) is 1.40. The van der Waals surface area contributed by atoms with Gasteiger partial charge in [-0.05, 0) is 25.1 Å². The lowest BCUT2D eigenvalue weighted by molar-refractivity contribution is 0.0601. The normalized spacial score (nSPS) is 11.1. The molecule has 1 rings (SSSR count). The molecule has 1 aromatic rings. The molecule has 0 amide bonds. The maximum atomic E-state index is 12.0. The van der Waals surface area contributed by atoms with Crippen molar-refractivity contribution < 1.29 is 14.3 Å². The minimum absolute atomic E-state index is 0.186. The lowest BCUT2D eigenvalue weighted by Gasteiger charge is -2.12. The van der Waals surface area contributed by atoms with Gasteiger partial charge in [0.15, 0.2) is 5.78 Å². The number of nitrogens with zero attached hydrogens (tertiary/aromatic N) is 1. The van der Waals surface area contributed by atoms with E-state index in [1.54, 1.807) is 6.07 Å². The summed E-state index contributed by atoms with van der Waals surface area (Å²) in [6.45, 7) is 1.83. The number of rotatable bonds is 4. The second-order valence-electron chi connectivity index (χ2n) is 4.23. The molecule has 19 heavy (non-hydrogen) atoms. The third kappa shape index (κ3) is 3.83. The molecule has 0 bridgehead atoms. The van der Waals surface area contributed by atoms with E-state index in [9.17, 15) is 9.59 Å². The van der Waals surface area contributed by atoms with Gasteiger partial charge in [-0.1, -0.05) is 11.6 Å². The summed E-state index contributed by atoms with van der Waals surface area (Å²) in [6.07, 6.45) is 1.50. The fraction of sp³-hybridized carbons (Fsp3) is 0.286. The largest absolute Gasteiger partial charge is 0.465 e. The number of benzene rings is 1. The van der Waals surface area contributed by atoms with Crippen LogP contribution < -0.4 is 0 Å². The Bertz CT molecular complexity index is 535. The van der Waals surface area contributed by atoms with Crippen LogP contribution in [0.4, 0.5) is 0 Å². The Balaban J connectivity index is 3.13. The van der Waals surface area contributed by atoms with Crippen LogP contribution in [0.25, 0.3) is 0 Å². The lowest BCUT2D eigenvalue weighted by Crippen LogP contribution is -2.10. The Kier molecular flexibility index (Phi) is 5.12. The zero-order valence-electron chi connectivity index (χ0n) is 11.4. The van der Waals surface area contributed by atoms with Crippen molar-refractivity contribution in [2.45, 2.75) is 6.92 Å². The molecule has 0 aliphatic carbocycles. The number of hydrogen-bond donors (Lipinski definition) is 0. The number of ether oxygens (including phenoxy) is 1. The van der Waals surface area contributed by atoms with Gasteiger partial charge < -0.3 is 9.64 Å². The van der Waals surface area contributed by atoms with Gasteiger partial charge >= 0.3 is 5.97 Å². The summed E-state index contributed by atoms with van der Waals surface area (Å²) >= 11 is 5.89. The first-order valence-corrected chi connectivity index (χ1v) is 6.02. The topological polar surface area (TPSA) is 46.6 Å². The molecular weight excluding hydrogens is 266 g/mol. The number of allylic oxidation sites excluding steroid dienone is 2. The maximum absolute atomic E-state index is 12.0. The molecule has 0 fully saturated rings. The smallest absolute Gasteiger partial charge is 0.339 e. The Hall–Kier alpha value is -1.81. The van der Waals surface area contributed by atoms with Crippen molar-refractivity contribution in [3.8, 4) is 0 Å². The third-order valence-electron chi connectivity index (χ3n) is 2.70. The lowest BCUT2D eigenvalue weighted by atomic mass is 10.1. The summed E-state index contributed by atoms with van der Waals surface area (Å²) in [5.74, 6) is -0.749. The molecule has 0 aromatic heterocycles. The van der Waals surface area contributed by atoms with Gasteiger partial charge in [-0.25, -0.2) is 4.79 Å². The van der Waals surface area contributed by atoms with Crippen LogP contribution in [0.2, 0.25) is 5.02 Å². The van der Waals surface area contributed by atoms with Crippen LogP contribution in [0.1, 0.15) is 27.6 Å². The average molecular weight is 282 g/mol. The van der Waals surface area contributed by atoms with E-state index in [2.05, 4.69) is 4.74 Å². The Labute approximate surface area is 117 Å². The van der Waals surface area contributed by atoms with Crippen molar-refractivity contribution in [1.29, 1.82) is 0 Å². The summed E-state index contributed by atoms with van der Waals surface area (Å²) in [7, 11) is 4.96. The average Bonchev–Trinajstić information content (AvgIpc) is 2.37. The van der Waals surface area contributed by atoms with Gasteiger partial charge in [0.1, 0.15) is 0 Å². The number of ketones is 1. The van der Waals surface area contributed by atoms with Crippen LogP contribution in [0.15, 0.2) is 30.0 Å². The highest BCUT2D eigenvalue weighted by Gasteiger charge is 2.14. The summed E-state index contributed by atoms with van der Waals surface area (Å²) in [4.78, 5) is 25.4. The molecule has 0 unspecified atom stereocenters. The first-order valence-electron chi connectivity index (χ1n) is 5.64.